The lowest BCUT2D eigenvalue weighted by Crippen LogP contribution is -2.30. The molecule has 0 aliphatic heterocycles. The molecule has 17 heavy (non-hydrogen) atoms. The Morgan fingerprint density at radius 1 is 1.53 bits per heavy atom. The first-order valence-electron chi connectivity index (χ1n) is 5.55. The molecule has 0 bridgehead atoms. The molecule has 0 unspecified atom stereocenters. The Morgan fingerprint density at radius 2 is 2.29 bits per heavy atom. The van der Waals surface area contributed by atoms with E-state index in [2.05, 4.69) is 15.6 Å². The van der Waals surface area contributed by atoms with E-state index in [-0.39, 0.29) is 12.5 Å². The molecular weight excluding hydrogens is 216 g/mol. The maximum atomic E-state index is 11.3. The van der Waals surface area contributed by atoms with E-state index in [1.165, 1.54) is 0 Å². The molecule has 2 N–H and O–H groups in total. The van der Waals surface area contributed by atoms with Crippen LogP contribution in [0.3, 0.4) is 0 Å². The van der Waals surface area contributed by atoms with Gasteiger partial charge in [-0.25, -0.2) is 4.98 Å². The third kappa shape index (κ3) is 4.51. The van der Waals surface area contributed by atoms with Gasteiger partial charge in [-0.3, -0.25) is 4.79 Å². The van der Waals surface area contributed by atoms with Crippen molar-refractivity contribution in [1.82, 2.24) is 10.3 Å². The minimum Gasteiger partial charge on any atom is -0.361 e. The smallest absolute Gasteiger partial charge is 0.239 e. The van der Waals surface area contributed by atoms with Crippen molar-refractivity contribution in [3.8, 4) is 6.07 Å². The first kappa shape index (κ1) is 13.0. The third-order valence-electron chi connectivity index (χ3n) is 2.08. The summed E-state index contributed by atoms with van der Waals surface area (Å²) < 4.78 is 0. The number of hydrogen-bond acceptors (Lipinski definition) is 4. The Balaban J connectivity index is 2.55. The summed E-state index contributed by atoms with van der Waals surface area (Å²) in [4.78, 5) is 15.5. The van der Waals surface area contributed by atoms with Gasteiger partial charge in [0.15, 0.2) is 0 Å². The molecule has 1 heterocycles. The quantitative estimate of drug-likeness (QED) is 0.799. The maximum Gasteiger partial charge on any atom is 0.239 e. The molecule has 90 valence electrons. The number of carbonyl (C=O) groups excluding carboxylic acids is 1. The molecule has 0 saturated heterocycles. The van der Waals surface area contributed by atoms with Crippen LogP contribution >= 0.6 is 0 Å². The van der Waals surface area contributed by atoms with Gasteiger partial charge in [0, 0.05) is 12.2 Å². The normalized spacial score (nSPS) is 9.47. The largest absolute Gasteiger partial charge is 0.361 e. The summed E-state index contributed by atoms with van der Waals surface area (Å²) in [7, 11) is 0. The number of aryl methyl sites for hydroxylation is 1. The van der Waals surface area contributed by atoms with E-state index in [1.54, 1.807) is 12.1 Å². The summed E-state index contributed by atoms with van der Waals surface area (Å²) in [6, 6.07) is 5.37. The number of carbonyl (C=O) groups is 1. The Labute approximate surface area is 101 Å². The molecule has 0 saturated carbocycles. The number of nitrogens with one attached hydrogen (secondary N) is 2. The van der Waals surface area contributed by atoms with Gasteiger partial charge in [-0.1, -0.05) is 6.92 Å². The molecule has 1 aromatic rings. The summed E-state index contributed by atoms with van der Waals surface area (Å²) in [5, 5.41) is 14.4. The van der Waals surface area contributed by atoms with Crippen LogP contribution in [0.15, 0.2) is 12.1 Å². The number of amides is 1. The zero-order valence-corrected chi connectivity index (χ0v) is 10.1. The van der Waals surface area contributed by atoms with E-state index in [4.69, 9.17) is 5.26 Å². The number of anilines is 1. The monoisotopic (exact) mass is 232 g/mol. The Morgan fingerprint density at radius 3 is 2.94 bits per heavy atom. The molecule has 0 spiro atoms. The van der Waals surface area contributed by atoms with Crippen molar-refractivity contribution >= 4 is 11.7 Å². The average Bonchev–Trinajstić information content (AvgIpc) is 2.33. The molecule has 0 radical (unpaired) electrons. The molecule has 0 atom stereocenters. The first-order valence-corrected chi connectivity index (χ1v) is 5.55. The molecule has 1 amide bonds. The van der Waals surface area contributed by atoms with Gasteiger partial charge in [-0.15, -0.1) is 0 Å². The summed E-state index contributed by atoms with van der Waals surface area (Å²) in [6.07, 6.45) is 0.910. The minimum absolute atomic E-state index is 0.0753. The van der Waals surface area contributed by atoms with Gasteiger partial charge in [-0.05, 0) is 25.5 Å². The highest BCUT2D eigenvalue weighted by molar-refractivity contribution is 5.80. The van der Waals surface area contributed by atoms with Crippen LogP contribution in [0.4, 0.5) is 5.82 Å². The molecule has 0 aromatic carbocycles. The standard InChI is InChI=1S/C12H16N4O/c1-3-4-14-12(17)8-15-11-6-10(7-13)5-9(2)16-11/h5-6H,3-4,8H2,1-2H3,(H,14,17)(H,15,16). The Kier molecular flexibility index (Phi) is 4.95. The Bertz CT molecular complexity index is 437. The second-order valence-corrected chi connectivity index (χ2v) is 3.70. The SMILES string of the molecule is CCCNC(=O)CNc1cc(C#N)cc(C)n1. The van der Waals surface area contributed by atoms with E-state index in [0.717, 1.165) is 12.1 Å². The van der Waals surface area contributed by atoms with Gasteiger partial charge in [-0.2, -0.15) is 5.26 Å². The second-order valence-electron chi connectivity index (χ2n) is 3.70. The molecule has 0 fully saturated rings. The fraction of sp³-hybridized carbons (Fsp3) is 0.417. The number of hydrogen-bond donors (Lipinski definition) is 2. The molecular formula is C12H16N4O. The molecule has 1 rings (SSSR count). The van der Waals surface area contributed by atoms with Gasteiger partial charge in [0.1, 0.15) is 5.82 Å². The lowest BCUT2D eigenvalue weighted by molar-refractivity contribution is -0.119. The van der Waals surface area contributed by atoms with Crippen molar-refractivity contribution in [1.29, 1.82) is 5.26 Å². The Hall–Kier alpha value is -2.09. The predicted octanol–water partition coefficient (Wildman–Crippen LogP) is 1.20. The van der Waals surface area contributed by atoms with Gasteiger partial charge in [0.25, 0.3) is 0 Å². The van der Waals surface area contributed by atoms with Crippen LogP contribution in [0.5, 0.6) is 0 Å². The molecule has 1 aromatic heterocycles. The summed E-state index contributed by atoms with van der Waals surface area (Å²) >= 11 is 0. The minimum atomic E-state index is -0.0753. The van der Waals surface area contributed by atoms with Crippen LogP contribution < -0.4 is 10.6 Å². The zero-order valence-electron chi connectivity index (χ0n) is 10.1. The summed E-state index contributed by atoms with van der Waals surface area (Å²) in [5.41, 5.74) is 1.29. The lowest BCUT2D eigenvalue weighted by Gasteiger charge is -2.07. The number of nitrogens with zero attached hydrogens (tertiary/aromatic N) is 2. The average molecular weight is 232 g/mol. The van der Waals surface area contributed by atoms with Crippen LogP contribution in [0, 0.1) is 18.3 Å². The highest BCUT2D eigenvalue weighted by Gasteiger charge is 2.02. The van der Waals surface area contributed by atoms with E-state index in [9.17, 15) is 4.79 Å². The third-order valence-corrected chi connectivity index (χ3v) is 2.08. The number of aromatic nitrogens is 1. The maximum absolute atomic E-state index is 11.3. The summed E-state index contributed by atoms with van der Waals surface area (Å²) in [6.45, 7) is 4.64. The van der Waals surface area contributed by atoms with Gasteiger partial charge >= 0.3 is 0 Å². The van der Waals surface area contributed by atoms with Crippen LogP contribution in [0.2, 0.25) is 0 Å². The molecule has 5 nitrogen and oxygen atoms in total. The van der Waals surface area contributed by atoms with Gasteiger partial charge in [0.05, 0.1) is 18.2 Å². The summed E-state index contributed by atoms with van der Waals surface area (Å²) in [5.74, 6) is 0.474. The van der Waals surface area contributed by atoms with Crippen molar-refractivity contribution in [2.45, 2.75) is 20.3 Å². The first-order chi connectivity index (χ1) is 8.15. The predicted molar refractivity (Wildman–Crippen MR) is 65.5 cm³/mol. The van der Waals surface area contributed by atoms with E-state index in [0.29, 0.717) is 17.9 Å². The molecule has 0 aliphatic rings. The van der Waals surface area contributed by atoms with Crippen molar-refractivity contribution < 1.29 is 4.79 Å². The van der Waals surface area contributed by atoms with Crippen LogP contribution in [0.25, 0.3) is 0 Å². The van der Waals surface area contributed by atoms with Crippen molar-refractivity contribution in [3.05, 3.63) is 23.4 Å². The molecule has 5 heteroatoms. The van der Waals surface area contributed by atoms with Crippen molar-refractivity contribution in [2.24, 2.45) is 0 Å². The van der Waals surface area contributed by atoms with Crippen LogP contribution in [-0.2, 0) is 4.79 Å². The van der Waals surface area contributed by atoms with E-state index in [1.807, 2.05) is 19.9 Å². The van der Waals surface area contributed by atoms with Gasteiger partial charge in [0.2, 0.25) is 5.91 Å². The number of nitriles is 1. The van der Waals surface area contributed by atoms with Crippen molar-refractivity contribution in [2.75, 3.05) is 18.4 Å². The lowest BCUT2D eigenvalue weighted by atomic mass is 10.2. The molecule has 0 aliphatic carbocycles. The van der Waals surface area contributed by atoms with Gasteiger partial charge < -0.3 is 10.6 Å². The second kappa shape index (κ2) is 6.48. The zero-order chi connectivity index (χ0) is 12.7. The topological polar surface area (TPSA) is 77.8 Å². The fourth-order valence-corrected chi connectivity index (χ4v) is 1.32. The van der Waals surface area contributed by atoms with E-state index < -0.39 is 0 Å². The number of rotatable bonds is 5. The fourth-order valence-electron chi connectivity index (χ4n) is 1.32. The van der Waals surface area contributed by atoms with Crippen LogP contribution in [-0.4, -0.2) is 24.0 Å². The highest BCUT2D eigenvalue weighted by Crippen LogP contribution is 2.08. The van der Waals surface area contributed by atoms with Crippen molar-refractivity contribution in [3.63, 3.8) is 0 Å². The van der Waals surface area contributed by atoms with E-state index >= 15 is 0 Å². The highest BCUT2D eigenvalue weighted by atomic mass is 16.1. The van der Waals surface area contributed by atoms with Crippen LogP contribution in [0.1, 0.15) is 24.6 Å². The number of pyridine rings is 1.